The molecule has 0 unspecified atom stereocenters. The van der Waals surface area contributed by atoms with Crippen LogP contribution in [-0.4, -0.2) is 23.7 Å². The number of nitro benzene ring substituents is 1. The van der Waals surface area contributed by atoms with Gasteiger partial charge in [-0.15, -0.1) is 0 Å². The fourth-order valence-electron chi connectivity index (χ4n) is 2.81. The second-order valence-corrected chi connectivity index (χ2v) is 6.90. The molecule has 1 amide bonds. The molecule has 0 spiro atoms. The third-order valence-corrected chi connectivity index (χ3v) is 4.70. The summed E-state index contributed by atoms with van der Waals surface area (Å²) in [6.45, 7) is 2.25. The zero-order chi connectivity index (χ0) is 22.9. The van der Waals surface area contributed by atoms with Crippen LogP contribution in [-0.2, 0) is 6.61 Å². The molecule has 32 heavy (non-hydrogen) atoms. The molecule has 3 aromatic rings. The number of nitro groups is 1. The number of rotatable bonds is 9. The highest BCUT2D eigenvalue weighted by atomic mass is 35.5. The number of hydrazone groups is 1. The Kier molecular flexibility index (Phi) is 7.77. The Morgan fingerprint density at radius 2 is 1.84 bits per heavy atom. The van der Waals surface area contributed by atoms with Crippen molar-refractivity contribution < 1.29 is 19.2 Å². The van der Waals surface area contributed by atoms with Gasteiger partial charge in [-0.05, 0) is 37.3 Å². The lowest BCUT2D eigenvalue weighted by Gasteiger charge is -2.11. The Labute approximate surface area is 189 Å². The fraction of sp³-hybridized carbons (Fsp3) is 0.130. The molecule has 0 bridgehead atoms. The average Bonchev–Trinajstić information content (AvgIpc) is 2.79. The van der Waals surface area contributed by atoms with Gasteiger partial charge in [-0.1, -0.05) is 41.9 Å². The van der Waals surface area contributed by atoms with Crippen molar-refractivity contribution in [3.63, 3.8) is 0 Å². The minimum atomic E-state index is -0.534. The van der Waals surface area contributed by atoms with E-state index < -0.39 is 10.8 Å². The summed E-state index contributed by atoms with van der Waals surface area (Å²) in [7, 11) is 0. The number of carbonyl (C=O) groups excluding carboxylic acids is 1. The summed E-state index contributed by atoms with van der Waals surface area (Å²) >= 11 is 6.15. The lowest BCUT2D eigenvalue weighted by Crippen LogP contribution is -2.18. The standard InChI is InChI=1S/C23H20ClN3O5/c1-2-31-22-12-11-16(13-20(22)27(29)30)14-25-26-23(28)18-8-4-6-10-21(18)32-15-17-7-3-5-9-19(17)24/h3-14H,2,15H2,1H3,(H,26,28)/b25-14+. The minimum Gasteiger partial charge on any atom is -0.488 e. The van der Waals surface area contributed by atoms with Crippen LogP contribution in [0.3, 0.4) is 0 Å². The van der Waals surface area contributed by atoms with Gasteiger partial charge in [0.1, 0.15) is 12.4 Å². The highest BCUT2D eigenvalue weighted by Gasteiger charge is 2.15. The maximum Gasteiger partial charge on any atom is 0.311 e. The normalized spacial score (nSPS) is 10.7. The van der Waals surface area contributed by atoms with Crippen LogP contribution >= 0.6 is 11.6 Å². The van der Waals surface area contributed by atoms with Gasteiger partial charge in [0.05, 0.1) is 23.3 Å². The van der Waals surface area contributed by atoms with E-state index in [-0.39, 0.29) is 23.6 Å². The smallest absolute Gasteiger partial charge is 0.311 e. The van der Waals surface area contributed by atoms with E-state index in [1.165, 1.54) is 18.3 Å². The van der Waals surface area contributed by atoms with E-state index in [1.54, 1.807) is 43.3 Å². The van der Waals surface area contributed by atoms with E-state index in [2.05, 4.69) is 10.5 Å². The molecule has 8 nitrogen and oxygen atoms in total. The quantitative estimate of drug-likeness (QED) is 0.279. The van der Waals surface area contributed by atoms with Gasteiger partial charge in [0, 0.05) is 22.2 Å². The van der Waals surface area contributed by atoms with Gasteiger partial charge < -0.3 is 9.47 Å². The van der Waals surface area contributed by atoms with Crippen LogP contribution in [0.5, 0.6) is 11.5 Å². The van der Waals surface area contributed by atoms with Crippen molar-refractivity contribution in [2.45, 2.75) is 13.5 Å². The number of nitrogens with one attached hydrogen (secondary N) is 1. The van der Waals surface area contributed by atoms with Crippen molar-refractivity contribution in [1.82, 2.24) is 5.43 Å². The molecule has 3 aromatic carbocycles. The Hall–Kier alpha value is -3.91. The van der Waals surface area contributed by atoms with Gasteiger partial charge >= 0.3 is 5.69 Å². The molecule has 9 heteroatoms. The molecular formula is C23H20ClN3O5. The molecule has 0 heterocycles. The maximum atomic E-state index is 12.6. The molecule has 0 aliphatic heterocycles. The fourth-order valence-corrected chi connectivity index (χ4v) is 3.00. The molecule has 3 rings (SSSR count). The van der Waals surface area contributed by atoms with Crippen LogP contribution < -0.4 is 14.9 Å². The Balaban J connectivity index is 1.69. The molecule has 0 aliphatic rings. The molecule has 0 aliphatic carbocycles. The number of para-hydroxylation sites is 1. The number of benzene rings is 3. The molecule has 0 fully saturated rings. The Morgan fingerprint density at radius 3 is 2.59 bits per heavy atom. The molecule has 0 aromatic heterocycles. The Morgan fingerprint density at radius 1 is 1.09 bits per heavy atom. The van der Waals surface area contributed by atoms with Crippen molar-refractivity contribution in [3.05, 3.63) is 98.6 Å². The van der Waals surface area contributed by atoms with Gasteiger partial charge in [0.2, 0.25) is 0 Å². The summed E-state index contributed by atoms with van der Waals surface area (Å²) in [6, 6.07) is 18.4. The number of carbonyl (C=O) groups is 1. The minimum absolute atomic E-state index is 0.170. The monoisotopic (exact) mass is 453 g/mol. The highest BCUT2D eigenvalue weighted by Crippen LogP contribution is 2.27. The van der Waals surface area contributed by atoms with Crippen molar-refractivity contribution >= 4 is 29.4 Å². The van der Waals surface area contributed by atoms with Crippen molar-refractivity contribution in [2.24, 2.45) is 5.10 Å². The summed E-state index contributed by atoms with van der Waals surface area (Å²) < 4.78 is 11.0. The summed E-state index contributed by atoms with van der Waals surface area (Å²) in [4.78, 5) is 23.3. The maximum absolute atomic E-state index is 12.6. The topological polar surface area (TPSA) is 103 Å². The lowest BCUT2D eigenvalue weighted by molar-refractivity contribution is -0.385. The molecule has 0 radical (unpaired) electrons. The molecule has 1 N–H and O–H groups in total. The molecule has 0 atom stereocenters. The first kappa shape index (κ1) is 22.8. The zero-order valence-corrected chi connectivity index (χ0v) is 17.9. The summed E-state index contributed by atoms with van der Waals surface area (Å²) in [6.07, 6.45) is 1.31. The number of nitrogens with zero attached hydrogens (tertiary/aromatic N) is 2. The van der Waals surface area contributed by atoms with Gasteiger partial charge in [0.25, 0.3) is 5.91 Å². The van der Waals surface area contributed by atoms with Crippen LogP contribution in [0.2, 0.25) is 5.02 Å². The molecule has 0 saturated carbocycles. The summed E-state index contributed by atoms with van der Waals surface area (Å²) in [5, 5.41) is 15.7. The zero-order valence-electron chi connectivity index (χ0n) is 17.2. The van der Waals surface area contributed by atoms with E-state index in [4.69, 9.17) is 21.1 Å². The first-order valence-electron chi connectivity index (χ1n) is 9.69. The summed E-state index contributed by atoms with van der Waals surface area (Å²) in [5.74, 6) is 0.0524. The second kappa shape index (κ2) is 10.9. The first-order chi connectivity index (χ1) is 15.5. The molecular weight excluding hydrogens is 434 g/mol. The number of hydrogen-bond acceptors (Lipinski definition) is 6. The van der Waals surface area contributed by atoms with Gasteiger partial charge in [-0.3, -0.25) is 14.9 Å². The predicted octanol–water partition coefficient (Wildman–Crippen LogP) is 4.99. The Bertz CT molecular complexity index is 1150. The SMILES string of the molecule is CCOc1ccc(/C=N/NC(=O)c2ccccc2OCc2ccccc2Cl)cc1[N+](=O)[O-]. The van der Waals surface area contributed by atoms with Crippen LogP contribution in [0.4, 0.5) is 5.69 Å². The van der Waals surface area contributed by atoms with Crippen LogP contribution in [0.1, 0.15) is 28.4 Å². The number of halogens is 1. The van der Waals surface area contributed by atoms with E-state index in [1.807, 2.05) is 18.2 Å². The number of hydrogen-bond donors (Lipinski definition) is 1. The third kappa shape index (κ3) is 5.83. The van der Waals surface area contributed by atoms with Gasteiger partial charge in [0.15, 0.2) is 5.75 Å². The van der Waals surface area contributed by atoms with Gasteiger partial charge in [-0.2, -0.15) is 5.10 Å². The lowest BCUT2D eigenvalue weighted by atomic mass is 10.2. The molecule has 0 saturated heterocycles. The van der Waals surface area contributed by atoms with E-state index >= 15 is 0 Å². The van der Waals surface area contributed by atoms with Crippen molar-refractivity contribution in [2.75, 3.05) is 6.61 Å². The van der Waals surface area contributed by atoms with E-state index in [0.717, 1.165) is 5.56 Å². The van der Waals surface area contributed by atoms with Crippen LogP contribution in [0, 0.1) is 10.1 Å². The average molecular weight is 454 g/mol. The number of amides is 1. The van der Waals surface area contributed by atoms with Crippen LogP contribution in [0.25, 0.3) is 0 Å². The van der Waals surface area contributed by atoms with E-state index in [0.29, 0.717) is 22.9 Å². The highest BCUT2D eigenvalue weighted by molar-refractivity contribution is 6.31. The third-order valence-electron chi connectivity index (χ3n) is 4.33. The largest absolute Gasteiger partial charge is 0.488 e. The summed E-state index contributed by atoms with van der Waals surface area (Å²) in [5.41, 5.74) is 3.74. The van der Waals surface area contributed by atoms with Crippen molar-refractivity contribution in [1.29, 1.82) is 0 Å². The van der Waals surface area contributed by atoms with Crippen molar-refractivity contribution in [3.8, 4) is 11.5 Å². The molecule has 164 valence electrons. The predicted molar refractivity (Wildman–Crippen MR) is 122 cm³/mol. The first-order valence-corrected chi connectivity index (χ1v) is 10.1. The van der Waals surface area contributed by atoms with Crippen LogP contribution in [0.15, 0.2) is 71.8 Å². The van der Waals surface area contributed by atoms with E-state index in [9.17, 15) is 14.9 Å². The van der Waals surface area contributed by atoms with Gasteiger partial charge in [-0.25, -0.2) is 5.43 Å². The second-order valence-electron chi connectivity index (χ2n) is 6.49. The number of ether oxygens (including phenoxy) is 2.